The molecule has 62 valence electrons. The van der Waals surface area contributed by atoms with E-state index in [9.17, 15) is 0 Å². The number of aromatic amines is 1. The molecule has 0 bridgehead atoms. The Morgan fingerprint density at radius 1 is 1.82 bits per heavy atom. The lowest BCUT2D eigenvalue weighted by Crippen LogP contribution is -2.15. The summed E-state index contributed by atoms with van der Waals surface area (Å²) in [7, 11) is 1.65. The normalized spacial score (nSPS) is 13.3. The number of aromatic nitrogens is 4. The minimum Gasteiger partial charge on any atom is -0.380 e. The molecule has 0 aromatic carbocycles. The number of nitrogens with one attached hydrogen (secondary N) is 1. The molecule has 0 saturated heterocycles. The van der Waals surface area contributed by atoms with Gasteiger partial charge in [-0.3, -0.25) is 0 Å². The predicted molar refractivity (Wildman–Crippen MR) is 41.7 cm³/mol. The Labute approximate surface area is 69.3 Å². The molecule has 1 rings (SSSR count). The van der Waals surface area contributed by atoms with E-state index >= 15 is 0 Å². The summed E-state index contributed by atoms with van der Waals surface area (Å²) in [5.74, 6) is 0. The second-order valence-electron chi connectivity index (χ2n) is 2.24. The van der Waals surface area contributed by atoms with Gasteiger partial charge in [-0.1, -0.05) is 10.3 Å². The second kappa shape index (κ2) is 3.59. The van der Waals surface area contributed by atoms with Crippen LogP contribution in [0.2, 0.25) is 0 Å². The van der Waals surface area contributed by atoms with Gasteiger partial charge in [-0.25, -0.2) is 4.68 Å². The van der Waals surface area contributed by atoms with E-state index in [1.54, 1.807) is 11.8 Å². The van der Waals surface area contributed by atoms with Crippen LogP contribution in [0.4, 0.5) is 0 Å². The van der Waals surface area contributed by atoms with E-state index in [1.165, 1.54) is 0 Å². The highest BCUT2D eigenvalue weighted by atomic mass is 32.1. The summed E-state index contributed by atoms with van der Waals surface area (Å²) in [5, 5.41) is 9.80. The minimum atomic E-state index is 0.115. The molecule has 0 aliphatic carbocycles. The lowest BCUT2D eigenvalue weighted by Gasteiger charge is -2.07. The fourth-order valence-electron chi connectivity index (χ4n) is 0.666. The van der Waals surface area contributed by atoms with E-state index in [0.717, 1.165) is 0 Å². The zero-order chi connectivity index (χ0) is 8.27. The van der Waals surface area contributed by atoms with Crippen LogP contribution < -0.4 is 0 Å². The van der Waals surface area contributed by atoms with Gasteiger partial charge < -0.3 is 4.74 Å². The van der Waals surface area contributed by atoms with Crippen molar-refractivity contribution >= 4 is 12.2 Å². The molecule has 5 nitrogen and oxygen atoms in total. The molecule has 0 fully saturated rings. The molecule has 11 heavy (non-hydrogen) atoms. The van der Waals surface area contributed by atoms with Crippen LogP contribution in [0.5, 0.6) is 0 Å². The van der Waals surface area contributed by atoms with E-state index in [2.05, 4.69) is 15.5 Å². The molecule has 6 heteroatoms. The number of H-pyrrole nitrogens is 1. The van der Waals surface area contributed by atoms with Crippen LogP contribution in [0, 0.1) is 4.77 Å². The molecule has 1 N–H and O–H groups in total. The monoisotopic (exact) mass is 174 g/mol. The lowest BCUT2D eigenvalue weighted by atomic mass is 10.4. The third kappa shape index (κ3) is 2.09. The maximum Gasteiger partial charge on any atom is 0.238 e. The van der Waals surface area contributed by atoms with Crippen molar-refractivity contribution in [3.8, 4) is 0 Å². The Kier molecular flexibility index (Phi) is 2.72. The Morgan fingerprint density at radius 3 is 3.00 bits per heavy atom. The van der Waals surface area contributed by atoms with Gasteiger partial charge in [0, 0.05) is 7.11 Å². The van der Waals surface area contributed by atoms with Crippen molar-refractivity contribution in [2.45, 2.75) is 19.6 Å². The number of methoxy groups -OCH3 is 1. The zero-order valence-electron chi connectivity index (χ0n) is 6.44. The number of tetrazole rings is 1. The summed E-state index contributed by atoms with van der Waals surface area (Å²) in [5.41, 5.74) is 0. The first-order valence-electron chi connectivity index (χ1n) is 3.24. The van der Waals surface area contributed by atoms with Crippen LogP contribution in [0.1, 0.15) is 6.92 Å². The smallest absolute Gasteiger partial charge is 0.238 e. The van der Waals surface area contributed by atoms with E-state index < -0.39 is 0 Å². The van der Waals surface area contributed by atoms with Crippen molar-refractivity contribution in [2.24, 2.45) is 0 Å². The van der Waals surface area contributed by atoms with Crippen LogP contribution >= 0.6 is 12.2 Å². The van der Waals surface area contributed by atoms with Gasteiger partial charge in [0.05, 0.1) is 12.6 Å². The lowest BCUT2D eigenvalue weighted by molar-refractivity contribution is 0.0988. The first-order chi connectivity index (χ1) is 5.24. The summed E-state index contributed by atoms with van der Waals surface area (Å²) in [6.45, 7) is 2.60. The molecule has 0 radical (unpaired) electrons. The molecule has 0 aliphatic heterocycles. The average molecular weight is 174 g/mol. The van der Waals surface area contributed by atoms with Crippen LogP contribution in [-0.2, 0) is 11.3 Å². The Morgan fingerprint density at radius 2 is 2.55 bits per heavy atom. The Balaban J connectivity index is 2.64. The molecule has 1 atom stereocenters. The van der Waals surface area contributed by atoms with E-state index in [-0.39, 0.29) is 6.10 Å². The Hall–Kier alpha value is -0.750. The molecular formula is C5H10N4OS. The summed E-state index contributed by atoms with van der Waals surface area (Å²) >= 11 is 4.85. The molecule has 1 aromatic rings. The molecular weight excluding hydrogens is 164 g/mol. The van der Waals surface area contributed by atoms with Gasteiger partial charge in [0.1, 0.15) is 0 Å². The standard InChI is InChI=1S/C5H10N4OS/c1-4(10-2)3-9-5(11)6-7-8-9/h4H,3H2,1-2H3,(H,6,8,11). The number of nitrogens with zero attached hydrogens (tertiary/aromatic N) is 3. The van der Waals surface area contributed by atoms with Gasteiger partial charge in [-0.15, -0.1) is 0 Å². The zero-order valence-corrected chi connectivity index (χ0v) is 7.26. The average Bonchev–Trinajstić information content (AvgIpc) is 2.37. The molecule has 1 aromatic heterocycles. The van der Waals surface area contributed by atoms with Gasteiger partial charge in [-0.2, -0.15) is 5.21 Å². The third-order valence-electron chi connectivity index (χ3n) is 1.37. The topological polar surface area (TPSA) is 55.7 Å². The fourth-order valence-corrected chi connectivity index (χ4v) is 0.823. The maximum atomic E-state index is 5.04. The van der Waals surface area contributed by atoms with E-state index in [0.29, 0.717) is 11.3 Å². The largest absolute Gasteiger partial charge is 0.380 e. The van der Waals surface area contributed by atoms with Crippen molar-refractivity contribution in [3.63, 3.8) is 0 Å². The maximum absolute atomic E-state index is 5.04. The number of rotatable bonds is 3. The minimum absolute atomic E-state index is 0.115. The molecule has 0 saturated carbocycles. The molecule has 0 spiro atoms. The Bertz CT molecular complexity index is 267. The highest BCUT2D eigenvalue weighted by molar-refractivity contribution is 7.71. The first-order valence-corrected chi connectivity index (χ1v) is 3.65. The fraction of sp³-hybridized carbons (Fsp3) is 0.800. The summed E-state index contributed by atoms with van der Waals surface area (Å²) < 4.78 is 7.14. The van der Waals surface area contributed by atoms with Crippen LogP contribution in [0.25, 0.3) is 0 Å². The van der Waals surface area contributed by atoms with Crippen molar-refractivity contribution < 1.29 is 4.74 Å². The van der Waals surface area contributed by atoms with Crippen molar-refractivity contribution in [2.75, 3.05) is 7.11 Å². The van der Waals surface area contributed by atoms with E-state index in [1.807, 2.05) is 6.92 Å². The van der Waals surface area contributed by atoms with Gasteiger partial charge in [0.15, 0.2) is 0 Å². The SMILES string of the molecule is COC(C)Cn1[nH]nnc1=S. The van der Waals surface area contributed by atoms with Crippen molar-refractivity contribution in [1.29, 1.82) is 0 Å². The van der Waals surface area contributed by atoms with Crippen LogP contribution in [-0.4, -0.2) is 33.4 Å². The molecule has 1 heterocycles. The van der Waals surface area contributed by atoms with Crippen LogP contribution in [0.3, 0.4) is 0 Å². The van der Waals surface area contributed by atoms with Gasteiger partial charge in [0.25, 0.3) is 0 Å². The summed E-state index contributed by atoms with van der Waals surface area (Å²) in [6, 6.07) is 0. The van der Waals surface area contributed by atoms with Crippen molar-refractivity contribution in [3.05, 3.63) is 4.77 Å². The number of hydrogen-bond donors (Lipinski definition) is 1. The quantitative estimate of drug-likeness (QED) is 0.673. The van der Waals surface area contributed by atoms with Crippen LogP contribution in [0.15, 0.2) is 0 Å². The van der Waals surface area contributed by atoms with Gasteiger partial charge in [0.2, 0.25) is 4.77 Å². The van der Waals surface area contributed by atoms with Gasteiger partial charge >= 0.3 is 0 Å². The third-order valence-corrected chi connectivity index (χ3v) is 1.68. The highest BCUT2D eigenvalue weighted by Crippen LogP contribution is 1.92. The number of ether oxygens (including phenoxy) is 1. The summed E-state index contributed by atoms with van der Waals surface area (Å²) in [6.07, 6.45) is 0.115. The van der Waals surface area contributed by atoms with Crippen molar-refractivity contribution in [1.82, 2.24) is 20.2 Å². The van der Waals surface area contributed by atoms with E-state index in [4.69, 9.17) is 17.0 Å². The highest BCUT2D eigenvalue weighted by Gasteiger charge is 2.01. The first kappa shape index (κ1) is 8.35. The molecule has 0 amide bonds. The molecule has 0 aliphatic rings. The molecule has 1 unspecified atom stereocenters. The summed E-state index contributed by atoms with van der Waals surface area (Å²) in [4.78, 5) is 0. The van der Waals surface area contributed by atoms with Gasteiger partial charge in [-0.05, 0) is 19.1 Å². The number of hydrogen-bond acceptors (Lipinski definition) is 4. The second-order valence-corrected chi connectivity index (χ2v) is 2.60. The predicted octanol–water partition coefficient (Wildman–Crippen LogP) is 0.371.